The molecule has 4 nitrogen and oxygen atoms in total. The van der Waals surface area contributed by atoms with E-state index in [1.807, 2.05) is 25.1 Å². The zero-order chi connectivity index (χ0) is 14.8. The first kappa shape index (κ1) is 14.4. The molecule has 0 fully saturated rings. The van der Waals surface area contributed by atoms with Gasteiger partial charge in [-0.15, -0.1) is 0 Å². The third-order valence-electron chi connectivity index (χ3n) is 2.61. The lowest BCUT2D eigenvalue weighted by Crippen LogP contribution is -1.90. The van der Waals surface area contributed by atoms with Crippen LogP contribution in [0.2, 0.25) is 5.15 Å². The lowest BCUT2D eigenvalue weighted by molar-refractivity contribution is 0.496. The maximum absolute atomic E-state index is 5.87. The average molecular weight is 383 g/mol. The second-order valence-electron chi connectivity index (χ2n) is 4.18. The van der Waals surface area contributed by atoms with Gasteiger partial charge in [0, 0.05) is 18.0 Å². The highest BCUT2D eigenvalue weighted by Gasteiger charge is 2.15. The van der Waals surface area contributed by atoms with E-state index >= 15 is 0 Å². The van der Waals surface area contributed by atoms with Gasteiger partial charge in [0.1, 0.15) is 16.6 Å². The van der Waals surface area contributed by atoms with Crippen molar-refractivity contribution in [2.45, 2.75) is 6.92 Å². The fourth-order valence-electron chi connectivity index (χ4n) is 1.74. The molecular formula is C14H9BrClN3OS. The molecule has 3 rings (SSSR count). The zero-order valence-corrected chi connectivity index (χ0v) is 14.0. The monoisotopic (exact) mass is 381 g/mol. The second-order valence-corrected chi connectivity index (χ2v) is 6.81. The molecule has 7 heteroatoms. The number of thiazole rings is 1. The normalized spacial score (nSPS) is 10.6. The van der Waals surface area contributed by atoms with E-state index in [1.165, 1.54) is 11.3 Å². The summed E-state index contributed by atoms with van der Waals surface area (Å²) in [7, 11) is 0. The van der Waals surface area contributed by atoms with Crippen LogP contribution in [-0.4, -0.2) is 15.0 Å². The van der Waals surface area contributed by atoms with Crippen LogP contribution in [0.5, 0.6) is 10.8 Å². The number of nitrogens with zero attached hydrogens (tertiary/aromatic N) is 3. The van der Waals surface area contributed by atoms with Crippen molar-refractivity contribution in [3.05, 3.63) is 51.3 Å². The predicted molar refractivity (Wildman–Crippen MR) is 87.1 cm³/mol. The fraction of sp³-hybridized carbons (Fsp3) is 0.0714. The molecular weight excluding hydrogens is 374 g/mol. The number of halogens is 2. The van der Waals surface area contributed by atoms with Crippen molar-refractivity contribution < 1.29 is 4.74 Å². The molecule has 0 bridgehead atoms. The Balaban J connectivity index is 2.00. The number of ether oxygens (including phenoxy) is 1. The quantitative estimate of drug-likeness (QED) is 0.590. The number of hydrogen-bond donors (Lipinski definition) is 0. The Morgan fingerprint density at radius 2 is 2.10 bits per heavy atom. The first-order valence-corrected chi connectivity index (χ1v) is 8.00. The standard InChI is InChI=1S/C14H9BrClN3OS/c1-8-3-2-4-10(18-8)12-13(21-14(15)19-12)20-9-5-6-17-11(16)7-9/h2-7H,1H3. The van der Waals surface area contributed by atoms with Crippen molar-refractivity contribution in [2.75, 3.05) is 0 Å². The number of hydrogen-bond acceptors (Lipinski definition) is 5. The molecule has 0 aliphatic carbocycles. The largest absolute Gasteiger partial charge is 0.444 e. The van der Waals surface area contributed by atoms with Gasteiger partial charge in [0.25, 0.3) is 0 Å². The Bertz CT molecular complexity index is 793. The van der Waals surface area contributed by atoms with Crippen LogP contribution < -0.4 is 4.74 Å². The van der Waals surface area contributed by atoms with Gasteiger partial charge in [0.2, 0.25) is 5.06 Å². The first-order chi connectivity index (χ1) is 10.1. The van der Waals surface area contributed by atoms with Gasteiger partial charge in [0.05, 0.1) is 5.69 Å². The van der Waals surface area contributed by atoms with Crippen molar-refractivity contribution in [1.29, 1.82) is 0 Å². The van der Waals surface area contributed by atoms with Gasteiger partial charge in [-0.05, 0) is 41.1 Å². The summed E-state index contributed by atoms with van der Waals surface area (Å²) in [4.78, 5) is 12.9. The van der Waals surface area contributed by atoms with E-state index in [0.29, 0.717) is 21.7 Å². The van der Waals surface area contributed by atoms with E-state index < -0.39 is 0 Å². The summed E-state index contributed by atoms with van der Waals surface area (Å²) in [5.41, 5.74) is 2.39. The molecule has 106 valence electrons. The number of aromatic nitrogens is 3. The average Bonchev–Trinajstić information content (AvgIpc) is 2.79. The van der Waals surface area contributed by atoms with E-state index in [-0.39, 0.29) is 0 Å². The number of aryl methyl sites for hydroxylation is 1. The smallest absolute Gasteiger partial charge is 0.211 e. The van der Waals surface area contributed by atoms with E-state index in [0.717, 1.165) is 15.3 Å². The Hall–Kier alpha value is -1.50. The van der Waals surface area contributed by atoms with E-state index in [9.17, 15) is 0 Å². The molecule has 0 amide bonds. The summed E-state index contributed by atoms with van der Waals surface area (Å²) in [5, 5.41) is 1.04. The Labute approximate surface area is 138 Å². The SMILES string of the molecule is Cc1cccc(-c2nc(Br)sc2Oc2ccnc(Cl)c2)n1. The minimum absolute atomic E-state index is 0.381. The van der Waals surface area contributed by atoms with E-state index in [2.05, 4.69) is 30.9 Å². The number of rotatable bonds is 3. The van der Waals surface area contributed by atoms with Crippen LogP contribution in [0.15, 0.2) is 40.4 Å². The Morgan fingerprint density at radius 1 is 1.24 bits per heavy atom. The maximum atomic E-state index is 5.87. The van der Waals surface area contributed by atoms with Gasteiger partial charge in [0.15, 0.2) is 3.92 Å². The summed E-state index contributed by atoms with van der Waals surface area (Å²) in [6, 6.07) is 9.18. The minimum atomic E-state index is 0.381. The fourth-order valence-corrected chi connectivity index (χ4v) is 3.20. The summed E-state index contributed by atoms with van der Waals surface area (Å²) in [5.74, 6) is 0.611. The van der Waals surface area contributed by atoms with Crippen molar-refractivity contribution in [2.24, 2.45) is 0 Å². The van der Waals surface area contributed by atoms with Gasteiger partial charge in [-0.1, -0.05) is 29.0 Å². The third kappa shape index (κ3) is 3.40. The summed E-state index contributed by atoms with van der Waals surface area (Å²) in [6.45, 7) is 1.94. The van der Waals surface area contributed by atoms with Gasteiger partial charge in [-0.2, -0.15) is 0 Å². The molecule has 0 aliphatic rings. The molecule has 0 aromatic carbocycles. The molecule has 0 unspecified atom stereocenters. The topological polar surface area (TPSA) is 47.9 Å². The van der Waals surface area contributed by atoms with Gasteiger partial charge >= 0.3 is 0 Å². The molecule has 0 aliphatic heterocycles. The highest BCUT2D eigenvalue weighted by molar-refractivity contribution is 9.11. The van der Waals surface area contributed by atoms with Gasteiger partial charge in [-0.25, -0.2) is 9.97 Å². The summed E-state index contributed by atoms with van der Waals surface area (Å²) >= 11 is 10.7. The number of pyridine rings is 2. The van der Waals surface area contributed by atoms with Crippen LogP contribution in [0.1, 0.15) is 5.69 Å². The van der Waals surface area contributed by atoms with Crippen LogP contribution >= 0.6 is 38.9 Å². The highest BCUT2D eigenvalue weighted by Crippen LogP contribution is 2.39. The van der Waals surface area contributed by atoms with Gasteiger partial charge in [-0.3, -0.25) is 4.98 Å². The molecule has 21 heavy (non-hydrogen) atoms. The van der Waals surface area contributed by atoms with Crippen molar-refractivity contribution in [3.8, 4) is 22.2 Å². The van der Waals surface area contributed by atoms with Crippen LogP contribution in [0.25, 0.3) is 11.4 Å². The second kappa shape index (κ2) is 6.09. The molecule has 3 aromatic rings. The van der Waals surface area contributed by atoms with Crippen LogP contribution in [0, 0.1) is 6.92 Å². The van der Waals surface area contributed by atoms with Crippen molar-refractivity contribution in [3.63, 3.8) is 0 Å². The maximum Gasteiger partial charge on any atom is 0.211 e. The van der Waals surface area contributed by atoms with Crippen LogP contribution in [-0.2, 0) is 0 Å². The first-order valence-electron chi connectivity index (χ1n) is 6.01. The molecule has 0 atom stereocenters. The summed E-state index contributed by atoms with van der Waals surface area (Å²) < 4.78 is 6.60. The molecule has 0 saturated carbocycles. The van der Waals surface area contributed by atoms with E-state index in [1.54, 1.807) is 18.3 Å². The molecule has 0 N–H and O–H groups in total. The summed E-state index contributed by atoms with van der Waals surface area (Å²) in [6.07, 6.45) is 1.60. The third-order valence-corrected chi connectivity index (χ3v) is 4.20. The predicted octanol–water partition coefficient (Wildman–Crippen LogP) is 5.12. The molecule has 3 heterocycles. The van der Waals surface area contributed by atoms with Crippen molar-refractivity contribution in [1.82, 2.24) is 15.0 Å². The molecule has 0 radical (unpaired) electrons. The van der Waals surface area contributed by atoms with Crippen LogP contribution in [0.4, 0.5) is 0 Å². The van der Waals surface area contributed by atoms with E-state index in [4.69, 9.17) is 16.3 Å². The highest BCUT2D eigenvalue weighted by atomic mass is 79.9. The molecule has 3 aromatic heterocycles. The lowest BCUT2D eigenvalue weighted by Gasteiger charge is -2.05. The zero-order valence-electron chi connectivity index (χ0n) is 10.9. The van der Waals surface area contributed by atoms with Crippen LogP contribution in [0.3, 0.4) is 0 Å². The Kier molecular flexibility index (Phi) is 4.19. The minimum Gasteiger partial charge on any atom is -0.444 e. The molecule has 0 spiro atoms. The lowest BCUT2D eigenvalue weighted by atomic mass is 10.2. The molecule has 0 saturated heterocycles. The van der Waals surface area contributed by atoms with Gasteiger partial charge < -0.3 is 4.74 Å². The Morgan fingerprint density at radius 3 is 2.86 bits per heavy atom. The van der Waals surface area contributed by atoms with Crippen molar-refractivity contribution >= 4 is 38.9 Å².